The fourth-order valence-electron chi connectivity index (χ4n) is 5.41. The third-order valence-electron chi connectivity index (χ3n) is 7.52. The number of ether oxygens (including phenoxy) is 2. The van der Waals surface area contributed by atoms with E-state index >= 15 is 0 Å². The highest BCUT2D eigenvalue weighted by Gasteiger charge is 2.47. The monoisotopic (exact) mass is 605 g/mol. The molecule has 1 fully saturated rings. The number of likely N-dealkylation sites (tertiary alicyclic amines) is 1. The minimum Gasteiger partial charge on any atom is -0.487 e. The van der Waals surface area contributed by atoms with Crippen molar-refractivity contribution in [3.63, 3.8) is 0 Å². The van der Waals surface area contributed by atoms with Crippen molar-refractivity contribution in [2.45, 2.75) is 73.1 Å². The first-order chi connectivity index (χ1) is 20.7. The van der Waals surface area contributed by atoms with E-state index in [4.69, 9.17) is 9.47 Å². The minimum atomic E-state index is -1.30. The van der Waals surface area contributed by atoms with Crippen LogP contribution >= 0.6 is 0 Å². The number of aryl methyl sites for hydroxylation is 1. The molecule has 2 atom stereocenters. The Balaban J connectivity index is 1.75. The molecule has 1 aliphatic heterocycles. The molecule has 44 heavy (non-hydrogen) atoms. The second-order valence-electron chi connectivity index (χ2n) is 13.1. The molecule has 2 heterocycles. The van der Waals surface area contributed by atoms with Crippen LogP contribution in [0.5, 0.6) is 5.75 Å². The van der Waals surface area contributed by atoms with E-state index in [0.717, 1.165) is 11.3 Å². The van der Waals surface area contributed by atoms with Gasteiger partial charge in [0.15, 0.2) is 5.69 Å². The average molecular weight is 606 g/mol. The van der Waals surface area contributed by atoms with E-state index in [0.29, 0.717) is 18.0 Å². The number of piperidine rings is 1. The zero-order valence-corrected chi connectivity index (χ0v) is 26.6. The van der Waals surface area contributed by atoms with E-state index in [1.54, 1.807) is 37.3 Å². The molecule has 1 aromatic heterocycles. The average Bonchev–Trinajstić information content (AvgIpc) is 3.37. The first-order valence-electron chi connectivity index (χ1n) is 14.9. The second kappa shape index (κ2) is 13.1. The van der Waals surface area contributed by atoms with Gasteiger partial charge in [0, 0.05) is 19.6 Å². The molecule has 1 aliphatic rings. The van der Waals surface area contributed by atoms with E-state index in [1.165, 1.54) is 4.90 Å². The third-order valence-corrected chi connectivity index (χ3v) is 7.52. The van der Waals surface area contributed by atoms with E-state index in [9.17, 15) is 19.5 Å². The molecule has 236 valence electrons. The molecule has 3 aromatic rings. The predicted molar refractivity (Wildman–Crippen MR) is 165 cm³/mol. The van der Waals surface area contributed by atoms with Crippen LogP contribution in [0.2, 0.25) is 0 Å². The van der Waals surface area contributed by atoms with Crippen LogP contribution in [0.1, 0.15) is 69.7 Å². The number of aromatic nitrogens is 3. The Morgan fingerprint density at radius 1 is 1.09 bits per heavy atom. The lowest BCUT2D eigenvalue weighted by Gasteiger charge is -2.46. The van der Waals surface area contributed by atoms with Crippen molar-refractivity contribution in [2.24, 2.45) is 11.3 Å². The molecule has 0 radical (unpaired) electrons. The first kappa shape index (κ1) is 32.5. The van der Waals surface area contributed by atoms with Gasteiger partial charge in [0.25, 0.3) is 5.91 Å². The van der Waals surface area contributed by atoms with E-state index < -0.39 is 35.0 Å². The van der Waals surface area contributed by atoms with Crippen LogP contribution in [-0.4, -0.2) is 79.1 Å². The summed E-state index contributed by atoms with van der Waals surface area (Å²) in [6.45, 7) is 13.2. The van der Waals surface area contributed by atoms with Crippen LogP contribution in [0.4, 0.5) is 4.79 Å². The van der Waals surface area contributed by atoms with Gasteiger partial charge in [-0.3, -0.25) is 9.59 Å². The van der Waals surface area contributed by atoms with E-state index in [2.05, 4.69) is 10.3 Å². The minimum absolute atomic E-state index is 0.0173. The maximum Gasteiger partial charge on any atom is 0.410 e. The van der Waals surface area contributed by atoms with Gasteiger partial charge in [-0.15, -0.1) is 5.10 Å². The quantitative estimate of drug-likeness (QED) is 0.346. The Hall–Kier alpha value is -4.41. The number of aliphatic carboxylic acids is 1. The molecule has 0 bridgehead atoms. The van der Waals surface area contributed by atoms with Gasteiger partial charge >= 0.3 is 12.1 Å². The van der Waals surface area contributed by atoms with Crippen LogP contribution in [0.3, 0.4) is 0 Å². The fraction of sp³-hybridized carbons (Fsp3) is 0.485. The first-order valence-corrected chi connectivity index (χ1v) is 14.9. The summed E-state index contributed by atoms with van der Waals surface area (Å²) >= 11 is 0. The number of carboxylic acids is 1. The van der Waals surface area contributed by atoms with Crippen molar-refractivity contribution >= 4 is 18.0 Å². The molecule has 0 aliphatic carbocycles. The highest BCUT2D eigenvalue weighted by molar-refractivity contribution is 5.94. The van der Waals surface area contributed by atoms with E-state index in [1.807, 2.05) is 75.4 Å². The molecular formula is C33H43N5O6. The Bertz CT molecular complexity index is 1480. The SMILES string of the molecule is Cc1ccccc1-n1nnc(C(=O)N(CC(C)C)[C@@H]2CN(C(=O)OC(C)(C)C)C[C@](C)(C(=O)O)C2)c1COc1ccccc1. The molecule has 0 saturated carbocycles. The second-order valence-corrected chi connectivity index (χ2v) is 13.1. The van der Waals surface area contributed by atoms with Gasteiger partial charge < -0.3 is 24.4 Å². The standard InChI is InChI=1S/C33H43N5O6/c1-22(2)18-37(24-17-33(7,30(40)41)21-36(19-24)31(42)44-32(4,5)6)29(39)28-27(20-43-25-14-9-8-10-15-25)38(35-34-28)26-16-12-11-13-23(26)3/h8-16,22,24H,17-21H2,1-7H3,(H,40,41)/t24-,33+/m0/s1. The topological polar surface area (TPSA) is 127 Å². The summed E-state index contributed by atoms with van der Waals surface area (Å²) in [5.74, 6) is -0.786. The van der Waals surface area contributed by atoms with Crippen molar-refractivity contribution < 1.29 is 29.0 Å². The number of hydrogen-bond donors (Lipinski definition) is 1. The normalized spacial score (nSPS) is 18.6. The molecular weight excluding hydrogens is 562 g/mol. The van der Waals surface area contributed by atoms with Gasteiger partial charge in [-0.1, -0.05) is 55.5 Å². The Kier molecular flexibility index (Phi) is 9.66. The smallest absolute Gasteiger partial charge is 0.410 e. The Morgan fingerprint density at radius 3 is 2.36 bits per heavy atom. The molecule has 2 amide bonds. The third kappa shape index (κ3) is 7.56. The number of rotatable bonds is 9. The molecule has 11 heteroatoms. The summed E-state index contributed by atoms with van der Waals surface area (Å²) in [5.41, 5.74) is 0.202. The van der Waals surface area contributed by atoms with Gasteiger partial charge in [-0.25, -0.2) is 9.48 Å². The van der Waals surface area contributed by atoms with Crippen LogP contribution in [0.25, 0.3) is 5.69 Å². The summed E-state index contributed by atoms with van der Waals surface area (Å²) in [7, 11) is 0. The molecule has 2 aromatic carbocycles. The molecule has 1 saturated heterocycles. The summed E-state index contributed by atoms with van der Waals surface area (Å²) in [4.78, 5) is 43.2. The number of nitrogens with zero attached hydrogens (tertiary/aromatic N) is 5. The number of para-hydroxylation sites is 2. The number of amides is 2. The highest BCUT2D eigenvalue weighted by Crippen LogP contribution is 2.34. The zero-order valence-electron chi connectivity index (χ0n) is 26.6. The lowest BCUT2D eigenvalue weighted by Crippen LogP contribution is -2.60. The lowest BCUT2D eigenvalue weighted by atomic mass is 9.79. The largest absolute Gasteiger partial charge is 0.487 e. The van der Waals surface area contributed by atoms with Crippen molar-refractivity contribution in [3.8, 4) is 11.4 Å². The van der Waals surface area contributed by atoms with Crippen LogP contribution in [0, 0.1) is 18.3 Å². The number of carbonyl (C=O) groups is 3. The maximum atomic E-state index is 14.5. The van der Waals surface area contributed by atoms with Crippen molar-refractivity contribution in [2.75, 3.05) is 19.6 Å². The highest BCUT2D eigenvalue weighted by atomic mass is 16.6. The summed E-state index contributed by atoms with van der Waals surface area (Å²) in [6, 6.07) is 16.3. The van der Waals surface area contributed by atoms with Crippen LogP contribution < -0.4 is 4.74 Å². The van der Waals surface area contributed by atoms with Gasteiger partial charge in [-0.2, -0.15) is 0 Å². The molecule has 11 nitrogen and oxygen atoms in total. The Labute approximate surface area is 258 Å². The zero-order chi connectivity index (χ0) is 32.2. The molecule has 4 rings (SSSR count). The van der Waals surface area contributed by atoms with Gasteiger partial charge in [-0.05, 0) is 70.7 Å². The summed E-state index contributed by atoms with van der Waals surface area (Å²) in [5, 5.41) is 19.0. The van der Waals surface area contributed by atoms with Gasteiger partial charge in [0.05, 0.1) is 17.1 Å². The van der Waals surface area contributed by atoms with Gasteiger partial charge in [0.2, 0.25) is 0 Å². The summed E-state index contributed by atoms with van der Waals surface area (Å²) in [6.07, 6.45) is -0.462. The number of carboxylic acid groups (broad SMARTS) is 1. The molecule has 1 N–H and O–H groups in total. The predicted octanol–water partition coefficient (Wildman–Crippen LogP) is 5.35. The van der Waals surface area contributed by atoms with Crippen molar-refractivity contribution in [1.82, 2.24) is 24.8 Å². The van der Waals surface area contributed by atoms with Crippen LogP contribution in [0.15, 0.2) is 54.6 Å². The number of benzene rings is 2. The van der Waals surface area contributed by atoms with Crippen molar-refractivity contribution in [3.05, 3.63) is 71.5 Å². The van der Waals surface area contributed by atoms with Gasteiger partial charge in [0.1, 0.15) is 23.7 Å². The fourth-order valence-corrected chi connectivity index (χ4v) is 5.41. The van der Waals surface area contributed by atoms with Crippen LogP contribution in [-0.2, 0) is 16.1 Å². The summed E-state index contributed by atoms with van der Waals surface area (Å²) < 4.78 is 13.3. The molecule has 0 spiro atoms. The van der Waals surface area contributed by atoms with E-state index in [-0.39, 0.29) is 37.7 Å². The Morgan fingerprint density at radius 2 is 1.75 bits per heavy atom. The molecule has 0 unspecified atom stereocenters. The lowest BCUT2D eigenvalue weighted by molar-refractivity contribution is -0.152. The van der Waals surface area contributed by atoms with Crippen molar-refractivity contribution in [1.29, 1.82) is 0 Å². The maximum absolute atomic E-state index is 14.5. The number of carbonyl (C=O) groups excluding carboxylic acids is 2. The number of hydrogen-bond acceptors (Lipinski definition) is 7.